The first-order valence-electron chi connectivity index (χ1n) is 8.72. The van der Waals surface area contributed by atoms with Crippen LogP contribution in [0.25, 0.3) is 0 Å². The topological polar surface area (TPSA) is 77.2 Å². The van der Waals surface area contributed by atoms with Crippen LogP contribution in [0.2, 0.25) is 0 Å². The molecule has 1 aliphatic rings. The van der Waals surface area contributed by atoms with Crippen LogP contribution in [0.15, 0.2) is 24.5 Å². The monoisotopic (exact) mass is 342 g/mol. The first-order chi connectivity index (χ1) is 12.0. The predicted octanol–water partition coefficient (Wildman–Crippen LogP) is 1.74. The Balaban J connectivity index is 1.48. The Morgan fingerprint density at radius 3 is 2.68 bits per heavy atom. The fourth-order valence-corrected chi connectivity index (χ4v) is 3.26. The summed E-state index contributed by atoms with van der Waals surface area (Å²) in [5, 5.41) is 9.97. The van der Waals surface area contributed by atoms with Crippen molar-refractivity contribution in [2.45, 2.75) is 26.8 Å². The van der Waals surface area contributed by atoms with Gasteiger partial charge >= 0.3 is 0 Å². The first kappa shape index (κ1) is 17.6. The summed E-state index contributed by atoms with van der Waals surface area (Å²) in [6.45, 7) is 10.1. The van der Waals surface area contributed by atoms with Gasteiger partial charge in [-0.1, -0.05) is 6.07 Å². The molecule has 3 rings (SSSR count). The number of amides is 1. The molecule has 0 bridgehead atoms. The summed E-state index contributed by atoms with van der Waals surface area (Å²) in [6, 6.07) is 4.44. The van der Waals surface area contributed by atoms with E-state index in [0.717, 1.165) is 43.3 Å². The minimum absolute atomic E-state index is 0.0151. The fraction of sp³-hybridized carbons (Fsp3) is 0.500. The molecule has 1 atom stereocenters. The van der Waals surface area contributed by atoms with E-state index >= 15 is 0 Å². The summed E-state index contributed by atoms with van der Waals surface area (Å²) in [5.74, 6) is 0.0151. The third kappa shape index (κ3) is 4.24. The summed E-state index contributed by atoms with van der Waals surface area (Å²) in [6.07, 6.45) is 3.73. The van der Waals surface area contributed by atoms with E-state index in [1.807, 2.05) is 26.1 Å². The highest BCUT2D eigenvalue weighted by Gasteiger charge is 2.23. The summed E-state index contributed by atoms with van der Waals surface area (Å²) >= 11 is 0. The summed E-state index contributed by atoms with van der Waals surface area (Å²) < 4.78 is 0. The maximum Gasteiger partial charge on any atom is 0.238 e. The summed E-state index contributed by atoms with van der Waals surface area (Å²) in [4.78, 5) is 21.2. The van der Waals surface area contributed by atoms with Crippen LogP contribution in [0.1, 0.15) is 29.9 Å². The van der Waals surface area contributed by atoms with Gasteiger partial charge in [0.2, 0.25) is 5.91 Å². The number of nitrogens with zero attached hydrogens (tertiary/aromatic N) is 4. The standard InChI is InChI=1S/C18H26N6O/c1-13-18(14(2)22-21-13)20-17(25)12-23-7-9-24(10-8-23)15(3)16-5-4-6-19-11-16/h4-6,11,15H,7-10,12H2,1-3H3,(H,20,25)(H,21,22)/t15-/m1/s1. The van der Waals surface area contributed by atoms with Gasteiger partial charge in [-0.3, -0.25) is 24.7 Å². The number of carbonyl (C=O) groups excluding carboxylic acids is 1. The number of nitrogens with one attached hydrogen (secondary N) is 2. The number of H-pyrrole nitrogens is 1. The molecule has 0 radical (unpaired) electrons. The van der Waals surface area contributed by atoms with Crippen molar-refractivity contribution in [1.82, 2.24) is 25.0 Å². The van der Waals surface area contributed by atoms with Crippen molar-refractivity contribution >= 4 is 11.6 Å². The van der Waals surface area contributed by atoms with Crippen LogP contribution in [-0.2, 0) is 4.79 Å². The van der Waals surface area contributed by atoms with Crippen LogP contribution in [0.4, 0.5) is 5.69 Å². The molecule has 1 aliphatic heterocycles. The van der Waals surface area contributed by atoms with Crippen molar-refractivity contribution in [3.8, 4) is 0 Å². The Morgan fingerprint density at radius 2 is 2.08 bits per heavy atom. The summed E-state index contributed by atoms with van der Waals surface area (Å²) in [7, 11) is 0. The number of aromatic nitrogens is 3. The zero-order valence-electron chi connectivity index (χ0n) is 15.1. The van der Waals surface area contributed by atoms with E-state index in [-0.39, 0.29) is 5.91 Å². The molecule has 1 saturated heterocycles. The Hall–Kier alpha value is -2.25. The van der Waals surface area contributed by atoms with Crippen LogP contribution in [-0.4, -0.2) is 63.6 Å². The van der Waals surface area contributed by atoms with Crippen LogP contribution < -0.4 is 5.32 Å². The maximum absolute atomic E-state index is 12.3. The van der Waals surface area contributed by atoms with Crippen LogP contribution in [0.5, 0.6) is 0 Å². The second-order valence-corrected chi connectivity index (χ2v) is 6.63. The highest BCUT2D eigenvalue weighted by atomic mass is 16.2. The zero-order chi connectivity index (χ0) is 17.8. The van der Waals surface area contributed by atoms with E-state index < -0.39 is 0 Å². The van der Waals surface area contributed by atoms with E-state index in [1.165, 1.54) is 5.56 Å². The van der Waals surface area contributed by atoms with Crippen molar-refractivity contribution in [1.29, 1.82) is 0 Å². The lowest BCUT2D eigenvalue weighted by atomic mass is 10.1. The number of aromatic amines is 1. The third-order valence-electron chi connectivity index (χ3n) is 4.88. The second-order valence-electron chi connectivity index (χ2n) is 6.63. The second kappa shape index (κ2) is 7.76. The molecule has 134 valence electrons. The number of carbonyl (C=O) groups is 1. The highest BCUT2D eigenvalue weighted by molar-refractivity contribution is 5.93. The van der Waals surface area contributed by atoms with E-state index in [0.29, 0.717) is 12.6 Å². The molecule has 7 heteroatoms. The van der Waals surface area contributed by atoms with E-state index in [9.17, 15) is 4.79 Å². The molecule has 2 aromatic rings. The molecule has 7 nitrogen and oxygen atoms in total. The molecule has 1 amide bonds. The van der Waals surface area contributed by atoms with Crippen LogP contribution in [0.3, 0.4) is 0 Å². The van der Waals surface area contributed by atoms with Crippen molar-refractivity contribution in [3.63, 3.8) is 0 Å². The molecule has 0 aromatic carbocycles. The molecule has 3 heterocycles. The zero-order valence-corrected chi connectivity index (χ0v) is 15.1. The maximum atomic E-state index is 12.3. The quantitative estimate of drug-likeness (QED) is 0.865. The van der Waals surface area contributed by atoms with Gasteiger partial charge in [-0.15, -0.1) is 0 Å². The largest absolute Gasteiger partial charge is 0.322 e. The highest BCUT2D eigenvalue weighted by Crippen LogP contribution is 2.21. The molecular weight excluding hydrogens is 316 g/mol. The van der Waals surface area contributed by atoms with Gasteiger partial charge in [0.1, 0.15) is 0 Å². The molecule has 0 saturated carbocycles. The average Bonchev–Trinajstić information content (AvgIpc) is 2.94. The third-order valence-corrected chi connectivity index (χ3v) is 4.88. The van der Waals surface area contributed by atoms with Crippen molar-refractivity contribution in [2.24, 2.45) is 0 Å². The van der Waals surface area contributed by atoms with Crippen molar-refractivity contribution < 1.29 is 4.79 Å². The van der Waals surface area contributed by atoms with E-state index in [1.54, 1.807) is 6.20 Å². The van der Waals surface area contributed by atoms with Gasteiger partial charge < -0.3 is 5.32 Å². The molecule has 0 spiro atoms. The molecule has 0 aliphatic carbocycles. The van der Waals surface area contributed by atoms with Crippen molar-refractivity contribution in [2.75, 3.05) is 38.0 Å². The van der Waals surface area contributed by atoms with E-state index in [2.05, 4.69) is 43.3 Å². The van der Waals surface area contributed by atoms with Gasteiger partial charge in [0, 0.05) is 44.6 Å². The van der Waals surface area contributed by atoms with Crippen LogP contribution in [0, 0.1) is 13.8 Å². The molecule has 2 aromatic heterocycles. The molecular formula is C18H26N6O. The normalized spacial score (nSPS) is 17.4. The fourth-order valence-electron chi connectivity index (χ4n) is 3.26. The number of hydrogen-bond acceptors (Lipinski definition) is 5. The average molecular weight is 342 g/mol. The number of hydrogen-bond donors (Lipinski definition) is 2. The number of anilines is 1. The molecule has 25 heavy (non-hydrogen) atoms. The summed E-state index contributed by atoms with van der Waals surface area (Å²) in [5.41, 5.74) is 3.75. The number of aryl methyl sites for hydroxylation is 2. The van der Waals surface area contributed by atoms with Gasteiger partial charge in [-0.05, 0) is 32.4 Å². The predicted molar refractivity (Wildman–Crippen MR) is 97.4 cm³/mol. The smallest absolute Gasteiger partial charge is 0.238 e. The van der Waals surface area contributed by atoms with Gasteiger partial charge in [0.05, 0.1) is 23.6 Å². The van der Waals surface area contributed by atoms with Crippen LogP contribution >= 0.6 is 0 Å². The Morgan fingerprint density at radius 1 is 1.32 bits per heavy atom. The Labute approximate surface area is 148 Å². The Bertz CT molecular complexity index is 686. The van der Waals surface area contributed by atoms with Gasteiger partial charge in [0.25, 0.3) is 0 Å². The molecule has 1 fully saturated rings. The number of pyridine rings is 1. The molecule has 2 N–H and O–H groups in total. The van der Waals surface area contributed by atoms with E-state index in [4.69, 9.17) is 0 Å². The van der Waals surface area contributed by atoms with Gasteiger partial charge in [-0.2, -0.15) is 5.10 Å². The molecule has 0 unspecified atom stereocenters. The first-order valence-corrected chi connectivity index (χ1v) is 8.72. The number of piperazine rings is 1. The minimum atomic E-state index is 0.0151. The SMILES string of the molecule is Cc1n[nH]c(C)c1NC(=O)CN1CCN([C@H](C)c2cccnc2)CC1. The van der Waals surface area contributed by atoms with Gasteiger partial charge in [0.15, 0.2) is 0 Å². The van der Waals surface area contributed by atoms with Gasteiger partial charge in [-0.25, -0.2) is 0 Å². The lowest BCUT2D eigenvalue weighted by molar-refractivity contribution is -0.117. The minimum Gasteiger partial charge on any atom is -0.322 e. The van der Waals surface area contributed by atoms with Crippen molar-refractivity contribution in [3.05, 3.63) is 41.5 Å². The lowest BCUT2D eigenvalue weighted by Crippen LogP contribution is -2.49. The lowest BCUT2D eigenvalue weighted by Gasteiger charge is -2.37. The Kier molecular flexibility index (Phi) is 5.45. The number of rotatable bonds is 5.